The van der Waals surface area contributed by atoms with Crippen molar-refractivity contribution in [3.8, 4) is 0 Å². The van der Waals surface area contributed by atoms with E-state index in [0.29, 0.717) is 12.5 Å². The van der Waals surface area contributed by atoms with E-state index in [4.69, 9.17) is 4.74 Å². The Morgan fingerprint density at radius 2 is 2.09 bits per heavy atom. The molecule has 0 spiro atoms. The van der Waals surface area contributed by atoms with Gasteiger partial charge in [-0.3, -0.25) is 4.79 Å². The Balaban J connectivity index is 3.47. The van der Waals surface area contributed by atoms with Crippen LogP contribution in [-0.4, -0.2) is 24.9 Å². The first-order chi connectivity index (χ1) is 5.16. The second-order valence-electron chi connectivity index (χ2n) is 2.02. The average Bonchev–Trinajstić information content (AvgIpc) is 1.87. The molecule has 0 amide bonds. The van der Waals surface area contributed by atoms with Gasteiger partial charge in [0.25, 0.3) is 0 Å². The summed E-state index contributed by atoms with van der Waals surface area (Å²) in [6, 6.07) is 0. The zero-order valence-electron chi connectivity index (χ0n) is 7.09. The molecule has 0 radical (unpaired) electrons. The summed E-state index contributed by atoms with van der Waals surface area (Å²) >= 11 is 0. The fourth-order valence-corrected chi connectivity index (χ4v) is 0.449. The summed E-state index contributed by atoms with van der Waals surface area (Å²) in [7, 11) is 0. The first-order valence-corrected chi connectivity index (χ1v) is 3.45. The van der Waals surface area contributed by atoms with Crippen molar-refractivity contribution in [2.75, 3.05) is 13.2 Å². The molecule has 0 aromatic heterocycles. The topological polar surface area (TPSA) is 47.9 Å². The Labute approximate surface area is 66.2 Å². The van der Waals surface area contributed by atoms with Crippen LogP contribution in [0, 0.1) is 0 Å². The van der Waals surface area contributed by atoms with Gasteiger partial charge in [-0.05, 0) is 13.8 Å². The van der Waals surface area contributed by atoms with Crippen molar-refractivity contribution in [2.45, 2.75) is 20.8 Å². The Morgan fingerprint density at radius 3 is 2.55 bits per heavy atom. The number of ketones is 1. The highest BCUT2D eigenvalue weighted by molar-refractivity contribution is 5.77. The second-order valence-corrected chi connectivity index (χ2v) is 2.02. The molecule has 0 aliphatic rings. The molecule has 0 aliphatic carbocycles. The van der Waals surface area contributed by atoms with E-state index in [1.807, 2.05) is 6.92 Å². The number of Topliss-reactive ketones (excluding diaryl/α,β-unsaturated/α-hetero) is 1. The summed E-state index contributed by atoms with van der Waals surface area (Å²) in [4.78, 5) is 15.0. The summed E-state index contributed by atoms with van der Waals surface area (Å²) in [5, 5.41) is 3.53. The first-order valence-electron chi connectivity index (χ1n) is 3.45. The van der Waals surface area contributed by atoms with Gasteiger partial charge in [-0.15, -0.1) is 0 Å². The molecule has 0 unspecified atom stereocenters. The van der Waals surface area contributed by atoms with Gasteiger partial charge in [0.2, 0.25) is 5.90 Å². The Bertz CT molecular complexity index is 154. The molecule has 0 bridgehead atoms. The van der Waals surface area contributed by atoms with Crippen molar-refractivity contribution >= 4 is 11.7 Å². The highest BCUT2D eigenvalue weighted by atomic mass is 16.6. The summed E-state index contributed by atoms with van der Waals surface area (Å²) in [5.41, 5.74) is 0. The highest BCUT2D eigenvalue weighted by Crippen LogP contribution is 1.84. The van der Waals surface area contributed by atoms with Crippen LogP contribution in [0.4, 0.5) is 0 Å². The number of oxime groups is 1. The van der Waals surface area contributed by atoms with Crippen LogP contribution in [0.5, 0.6) is 0 Å². The predicted octanol–water partition coefficient (Wildman–Crippen LogP) is 0.962. The number of hydrogen-bond donors (Lipinski definition) is 0. The molecule has 0 aromatic rings. The Morgan fingerprint density at radius 1 is 1.45 bits per heavy atom. The third-order valence-electron chi connectivity index (χ3n) is 0.814. The van der Waals surface area contributed by atoms with Gasteiger partial charge in [0.05, 0.1) is 6.61 Å². The van der Waals surface area contributed by atoms with Crippen LogP contribution in [0.25, 0.3) is 0 Å². The molecule has 0 atom stereocenters. The summed E-state index contributed by atoms with van der Waals surface area (Å²) in [6.07, 6.45) is 0. The number of carbonyl (C=O) groups excluding carboxylic acids is 1. The van der Waals surface area contributed by atoms with Gasteiger partial charge >= 0.3 is 0 Å². The van der Waals surface area contributed by atoms with Crippen LogP contribution >= 0.6 is 0 Å². The first kappa shape index (κ1) is 9.94. The van der Waals surface area contributed by atoms with Crippen LogP contribution in [0.1, 0.15) is 20.8 Å². The fourth-order valence-electron chi connectivity index (χ4n) is 0.449. The molecular weight excluding hydrogens is 146 g/mol. The Kier molecular flexibility index (Phi) is 5.15. The molecule has 0 aliphatic heterocycles. The summed E-state index contributed by atoms with van der Waals surface area (Å²) < 4.78 is 4.94. The van der Waals surface area contributed by atoms with Gasteiger partial charge in [0.1, 0.15) is 0 Å². The molecule has 0 N–H and O–H groups in total. The van der Waals surface area contributed by atoms with Gasteiger partial charge in [0.15, 0.2) is 12.4 Å². The van der Waals surface area contributed by atoms with Crippen LogP contribution in [0.3, 0.4) is 0 Å². The third-order valence-corrected chi connectivity index (χ3v) is 0.814. The van der Waals surface area contributed by atoms with Crippen molar-refractivity contribution in [3.05, 3.63) is 0 Å². The standard InChI is InChI=1S/C7H13NO3/c1-4-10-7(3)8-11-5-6(2)9/h4-5H2,1-3H3/b8-7-. The number of rotatable bonds is 4. The van der Waals surface area contributed by atoms with Gasteiger partial charge in [-0.1, -0.05) is 5.16 Å². The zero-order valence-corrected chi connectivity index (χ0v) is 7.09. The quantitative estimate of drug-likeness (QED) is 0.349. The minimum Gasteiger partial charge on any atom is -0.479 e. The molecule has 0 saturated heterocycles. The van der Waals surface area contributed by atoms with Crippen molar-refractivity contribution < 1.29 is 14.4 Å². The van der Waals surface area contributed by atoms with E-state index in [1.54, 1.807) is 6.92 Å². The lowest BCUT2D eigenvalue weighted by Gasteiger charge is -1.99. The lowest BCUT2D eigenvalue weighted by molar-refractivity contribution is -0.121. The van der Waals surface area contributed by atoms with Gasteiger partial charge < -0.3 is 9.57 Å². The van der Waals surface area contributed by atoms with Crippen molar-refractivity contribution in [1.82, 2.24) is 0 Å². The van der Waals surface area contributed by atoms with Crippen molar-refractivity contribution in [3.63, 3.8) is 0 Å². The molecule has 11 heavy (non-hydrogen) atoms. The van der Waals surface area contributed by atoms with Crippen LogP contribution in [0.15, 0.2) is 5.16 Å². The minimum atomic E-state index is -0.0574. The minimum absolute atomic E-state index is 0.00438. The van der Waals surface area contributed by atoms with E-state index in [1.165, 1.54) is 6.92 Å². The highest BCUT2D eigenvalue weighted by Gasteiger charge is 1.92. The Hall–Kier alpha value is -1.06. The fraction of sp³-hybridized carbons (Fsp3) is 0.714. The summed E-state index contributed by atoms with van der Waals surface area (Å²) in [6.45, 7) is 5.52. The smallest absolute Gasteiger partial charge is 0.222 e. The molecule has 0 rings (SSSR count). The van der Waals surface area contributed by atoms with E-state index >= 15 is 0 Å². The lowest BCUT2D eigenvalue weighted by atomic mass is 10.5. The normalized spacial score (nSPS) is 11.0. The lowest BCUT2D eigenvalue weighted by Crippen LogP contribution is -2.04. The SMILES string of the molecule is CCO/C(C)=N\OCC(C)=O. The van der Waals surface area contributed by atoms with Crippen molar-refractivity contribution in [1.29, 1.82) is 0 Å². The van der Waals surface area contributed by atoms with Gasteiger partial charge in [-0.25, -0.2) is 0 Å². The largest absolute Gasteiger partial charge is 0.479 e. The molecule has 4 nitrogen and oxygen atoms in total. The molecular formula is C7H13NO3. The number of ether oxygens (including phenoxy) is 1. The monoisotopic (exact) mass is 159 g/mol. The number of carbonyl (C=O) groups is 1. The molecule has 4 heteroatoms. The van der Waals surface area contributed by atoms with Crippen LogP contribution in [-0.2, 0) is 14.4 Å². The second kappa shape index (κ2) is 5.70. The van der Waals surface area contributed by atoms with E-state index in [-0.39, 0.29) is 12.4 Å². The maximum absolute atomic E-state index is 10.3. The third kappa shape index (κ3) is 6.83. The maximum Gasteiger partial charge on any atom is 0.222 e. The average molecular weight is 159 g/mol. The van der Waals surface area contributed by atoms with E-state index in [2.05, 4.69) is 9.99 Å². The van der Waals surface area contributed by atoms with Crippen LogP contribution < -0.4 is 0 Å². The van der Waals surface area contributed by atoms with E-state index in [9.17, 15) is 4.79 Å². The van der Waals surface area contributed by atoms with Gasteiger partial charge in [-0.2, -0.15) is 0 Å². The number of nitrogens with zero attached hydrogens (tertiary/aromatic N) is 1. The molecule has 0 aromatic carbocycles. The molecule has 0 heterocycles. The summed E-state index contributed by atoms with van der Waals surface area (Å²) in [5.74, 6) is 0.381. The number of hydrogen-bond acceptors (Lipinski definition) is 4. The van der Waals surface area contributed by atoms with Gasteiger partial charge in [0, 0.05) is 6.92 Å². The van der Waals surface area contributed by atoms with E-state index in [0.717, 1.165) is 0 Å². The van der Waals surface area contributed by atoms with Crippen LogP contribution in [0.2, 0.25) is 0 Å². The predicted molar refractivity (Wildman–Crippen MR) is 41.4 cm³/mol. The van der Waals surface area contributed by atoms with E-state index < -0.39 is 0 Å². The molecule has 0 saturated carbocycles. The molecule has 64 valence electrons. The van der Waals surface area contributed by atoms with Crippen molar-refractivity contribution in [2.24, 2.45) is 5.16 Å². The maximum atomic E-state index is 10.3. The molecule has 0 fully saturated rings. The zero-order chi connectivity index (χ0) is 8.69.